The van der Waals surface area contributed by atoms with Gasteiger partial charge in [-0.3, -0.25) is 0 Å². The van der Waals surface area contributed by atoms with Crippen LogP contribution in [-0.4, -0.2) is 31.1 Å². The summed E-state index contributed by atoms with van der Waals surface area (Å²) in [6.07, 6.45) is 2.98. The quantitative estimate of drug-likeness (QED) is 0.807. The van der Waals surface area contributed by atoms with E-state index in [1.165, 1.54) is 0 Å². The Balaban J connectivity index is 2.17. The fraction of sp³-hybridized carbons (Fsp3) is 0.500. The van der Waals surface area contributed by atoms with E-state index in [0.717, 1.165) is 17.0 Å². The summed E-state index contributed by atoms with van der Waals surface area (Å²) in [4.78, 5) is 0.980. The predicted octanol–water partition coefficient (Wildman–Crippen LogP) is 2.20. The average Bonchev–Trinajstić information content (AvgIpc) is 2.44. The summed E-state index contributed by atoms with van der Waals surface area (Å²) in [5, 5.41) is 12.7. The zero-order chi connectivity index (χ0) is 13.8. The van der Waals surface area contributed by atoms with Crippen molar-refractivity contribution in [2.24, 2.45) is 5.73 Å². The standard InChI is InChI=1S/C14H19N3OS/c1-3-18-12-7-10(16)14(12)17-11-5-4-6-13(19-2)9(11)8-15/h4-6,10,12,14,17H,3,7,16H2,1-2H3. The molecule has 0 amide bonds. The minimum absolute atomic E-state index is 0.0843. The van der Waals surface area contributed by atoms with Crippen molar-refractivity contribution < 1.29 is 4.74 Å². The van der Waals surface area contributed by atoms with Gasteiger partial charge >= 0.3 is 0 Å². The molecule has 102 valence electrons. The molecule has 1 aromatic rings. The number of thioether (sulfide) groups is 1. The maximum atomic E-state index is 9.30. The SMILES string of the molecule is CCOC1CC(N)C1Nc1cccc(SC)c1C#N. The molecular formula is C14H19N3OS. The maximum Gasteiger partial charge on any atom is 0.102 e. The van der Waals surface area contributed by atoms with E-state index in [4.69, 9.17) is 10.5 Å². The first-order valence-electron chi connectivity index (χ1n) is 6.42. The Morgan fingerprint density at radius 1 is 1.58 bits per heavy atom. The predicted molar refractivity (Wildman–Crippen MR) is 78.4 cm³/mol. The van der Waals surface area contributed by atoms with Crippen molar-refractivity contribution >= 4 is 17.4 Å². The van der Waals surface area contributed by atoms with Crippen LogP contribution in [0, 0.1) is 11.3 Å². The molecule has 0 aliphatic heterocycles. The van der Waals surface area contributed by atoms with Crippen molar-refractivity contribution in [3.05, 3.63) is 23.8 Å². The van der Waals surface area contributed by atoms with E-state index >= 15 is 0 Å². The normalized spacial score (nSPS) is 25.5. The first-order chi connectivity index (χ1) is 9.21. The lowest BCUT2D eigenvalue weighted by Gasteiger charge is -2.43. The van der Waals surface area contributed by atoms with Gasteiger partial charge in [0.1, 0.15) is 6.07 Å². The summed E-state index contributed by atoms with van der Waals surface area (Å²) in [6.45, 7) is 2.67. The van der Waals surface area contributed by atoms with E-state index in [0.29, 0.717) is 12.2 Å². The van der Waals surface area contributed by atoms with Crippen LogP contribution in [0.2, 0.25) is 0 Å². The Hall–Kier alpha value is -1.22. The van der Waals surface area contributed by atoms with Crippen molar-refractivity contribution in [3.63, 3.8) is 0 Å². The highest BCUT2D eigenvalue weighted by atomic mass is 32.2. The summed E-state index contributed by atoms with van der Waals surface area (Å²) >= 11 is 1.57. The average molecular weight is 277 g/mol. The Labute approximate surface area is 118 Å². The minimum Gasteiger partial charge on any atom is -0.377 e. The molecule has 5 heteroatoms. The van der Waals surface area contributed by atoms with E-state index in [9.17, 15) is 5.26 Å². The second-order valence-corrected chi connectivity index (χ2v) is 5.41. The van der Waals surface area contributed by atoms with Gasteiger partial charge in [0.2, 0.25) is 0 Å². The lowest BCUT2D eigenvalue weighted by atomic mass is 9.83. The van der Waals surface area contributed by atoms with Crippen molar-refractivity contribution in [1.29, 1.82) is 5.26 Å². The van der Waals surface area contributed by atoms with Gasteiger partial charge < -0.3 is 15.8 Å². The summed E-state index contributed by atoms with van der Waals surface area (Å²) in [5.41, 5.74) is 7.55. The van der Waals surface area contributed by atoms with Crippen LogP contribution in [0.4, 0.5) is 5.69 Å². The van der Waals surface area contributed by atoms with Crippen LogP contribution in [0.5, 0.6) is 0 Å². The first-order valence-corrected chi connectivity index (χ1v) is 7.64. The third-order valence-electron chi connectivity index (χ3n) is 3.43. The van der Waals surface area contributed by atoms with E-state index < -0.39 is 0 Å². The molecule has 4 nitrogen and oxygen atoms in total. The number of ether oxygens (including phenoxy) is 1. The molecule has 3 atom stereocenters. The topological polar surface area (TPSA) is 71.1 Å². The van der Waals surface area contributed by atoms with E-state index in [-0.39, 0.29) is 18.2 Å². The molecule has 3 N–H and O–H groups in total. The molecule has 0 spiro atoms. The number of nitrogens with zero attached hydrogens (tertiary/aromatic N) is 1. The number of nitrogens with one attached hydrogen (secondary N) is 1. The number of hydrogen-bond acceptors (Lipinski definition) is 5. The Morgan fingerprint density at radius 2 is 2.37 bits per heavy atom. The number of nitrogens with two attached hydrogens (primary N) is 1. The highest BCUT2D eigenvalue weighted by molar-refractivity contribution is 7.98. The van der Waals surface area contributed by atoms with Crippen molar-refractivity contribution in [2.75, 3.05) is 18.2 Å². The second-order valence-electron chi connectivity index (χ2n) is 4.56. The third kappa shape index (κ3) is 2.86. The van der Waals surface area contributed by atoms with Crippen LogP contribution in [0.25, 0.3) is 0 Å². The number of nitriles is 1. The molecule has 0 bridgehead atoms. The highest BCUT2D eigenvalue weighted by Crippen LogP contribution is 2.31. The second kappa shape index (κ2) is 6.29. The van der Waals surface area contributed by atoms with Crippen molar-refractivity contribution in [3.8, 4) is 6.07 Å². The van der Waals surface area contributed by atoms with Gasteiger partial charge in [0.05, 0.1) is 23.4 Å². The van der Waals surface area contributed by atoms with E-state index in [2.05, 4.69) is 11.4 Å². The van der Waals surface area contributed by atoms with Gasteiger partial charge in [-0.15, -0.1) is 11.8 Å². The van der Waals surface area contributed by atoms with Crippen LogP contribution >= 0.6 is 11.8 Å². The van der Waals surface area contributed by atoms with Gasteiger partial charge in [-0.2, -0.15) is 5.26 Å². The molecule has 3 unspecified atom stereocenters. The van der Waals surface area contributed by atoms with Crippen LogP contribution in [0.1, 0.15) is 18.9 Å². The van der Waals surface area contributed by atoms with Gasteiger partial charge in [0, 0.05) is 17.5 Å². The zero-order valence-electron chi connectivity index (χ0n) is 11.2. The third-order valence-corrected chi connectivity index (χ3v) is 4.21. The summed E-state index contributed by atoms with van der Waals surface area (Å²) < 4.78 is 5.63. The Bertz CT molecular complexity index is 484. The number of rotatable bonds is 5. The minimum atomic E-state index is 0.0843. The molecule has 0 heterocycles. The van der Waals surface area contributed by atoms with Gasteiger partial charge in [0.25, 0.3) is 0 Å². The van der Waals surface area contributed by atoms with Crippen LogP contribution in [-0.2, 0) is 4.74 Å². The number of hydrogen-bond donors (Lipinski definition) is 2. The Kier molecular flexibility index (Phi) is 4.70. The molecule has 19 heavy (non-hydrogen) atoms. The van der Waals surface area contributed by atoms with Gasteiger partial charge in [-0.1, -0.05) is 6.07 Å². The lowest BCUT2D eigenvalue weighted by Crippen LogP contribution is -2.60. The van der Waals surface area contributed by atoms with Gasteiger partial charge in [-0.25, -0.2) is 0 Å². The molecule has 1 aliphatic carbocycles. The monoisotopic (exact) mass is 277 g/mol. The summed E-state index contributed by atoms with van der Waals surface area (Å²) in [6, 6.07) is 8.27. The summed E-state index contributed by atoms with van der Waals surface area (Å²) in [5.74, 6) is 0. The fourth-order valence-corrected chi connectivity index (χ4v) is 2.92. The zero-order valence-corrected chi connectivity index (χ0v) is 12.0. The molecule has 0 radical (unpaired) electrons. The van der Waals surface area contributed by atoms with Crippen LogP contribution in [0.15, 0.2) is 23.1 Å². The highest BCUT2D eigenvalue weighted by Gasteiger charge is 2.39. The van der Waals surface area contributed by atoms with Crippen LogP contribution < -0.4 is 11.1 Å². The maximum absolute atomic E-state index is 9.30. The smallest absolute Gasteiger partial charge is 0.102 e. The molecular weight excluding hydrogens is 258 g/mol. The van der Waals surface area contributed by atoms with Gasteiger partial charge in [0.15, 0.2) is 0 Å². The largest absolute Gasteiger partial charge is 0.377 e. The van der Waals surface area contributed by atoms with E-state index in [1.807, 2.05) is 31.4 Å². The summed E-state index contributed by atoms with van der Waals surface area (Å²) in [7, 11) is 0. The molecule has 1 aliphatic rings. The molecule has 0 saturated heterocycles. The molecule has 2 rings (SSSR count). The molecule has 1 saturated carbocycles. The number of anilines is 1. The van der Waals surface area contributed by atoms with Crippen molar-refractivity contribution in [1.82, 2.24) is 0 Å². The fourth-order valence-electron chi connectivity index (χ4n) is 2.34. The molecule has 1 aromatic carbocycles. The van der Waals surface area contributed by atoms with Gasteiger partial charge in [-0.05, 0) is 31.7 Å². The van der Waals surface area contributed by atoms with Crippen molar-refractivity contribution in [2.45, 2.75) is 36.4 Å². The lowest BCUT2D eigenvalue weighted by molar-refractivity contribution is -0.0126. The number of benzene rings is 1. The van der Waals surface area contributed by atoms with E-state index in [1.54, 1.807) is 11.8 Å². The van der Waals surface area contributed by atoms with Crippen LogP contribution in [0.3, 0.4) is 0 Å². The Morgan fingerprint density at radius 3 is 2.95 bits per heavy atom. The first kappa shape index (κ1) is 14.2. The molecule has 0 aromatic heterocycles. The molecule has 1 fully saturated rings.